The zero-order valence-corrected chi connectivity index (χ0v) is 12.4. The molecule has 0 atom stereocenters. The van der Waals surface area contributed by atoms with Crippen LogP contribution in [0.1, 0.15) is 0 Å². The van der Waals surface area contributed by atoms with Gasteiger partial charge in [-0.3, -0.25) is 0 Å². The third-order valence-corrected chi connectivity index (χ3v) is 4.52. The van der Waals surface area contributed by atoms with Crippen LogP contribution in [0, 0.1) is 0 Å². The molecular formula is C20H11ClO. The van der Waals surface area contributed by atoms with Gasteiger partial charge in [-0.2, -0.15) is 0 Å². The van der Waals surface area contributed by atoms with Gasteiger partial charge in [0.05, 0.1) is 0 Å². The molecule has 0 unspecified atom stereocenters. The van der Waals surface area contributed by atoms with Crippen molar-refractivity contribution in [2.75, 3.05) is 0 Å². The Morgan fingerprint density at radius 1 is 0.636 bits per heavy atom. The van der Waals surface area contributed by atoms with Crippen molar-refractivity contribution in [1.82, 2.24) is 0 Å². The molecule has 0 aliphatic rings. The van der Waals surface area contributed by atoms with Gasteiger partial charge < -0.3 is 4.42 Å². The van der Waals surface area contributed by atoms with E-state index in [1.807, 2.05) is 18.2 Å². The molecule has 22 heavy (non-hydrogen) atoms. The molecule has 0 aliphatic carbocycles. The lowest BCUT2D eigenvalue weighted by Crippen LogP contribution is -1.77. The van der Waals surface area contributed by atoms with Crippen molar-refractivity contribution in [1.29, 1.82) is 0 Å². The van der Waals surface area contributed by atoms with Crippen molar-refractivity contribution in [3.63, 3.8) is 0 Å². The van der Waals surface area contributed by atoms with Gasteiger partial charge in [0, 0.05) is 21.2 Å². The first-order valence-electron chi connectivity index (χ1n) is 7.23. The maximum absolute atomic E-state index is 6.13. The second kappa shape index (κ2) is 4.25. The van der Waals surface area contributed by atoms with Gasteiger partial charge in [0.2, 0.25) is 0 Å². The lowest BCUT2D eigenvalue weighted by molar-refractivity contribution is 0.672. The second-order valence-electron chi connectivity index (χ2n) is 5.61. The fourth-order valence-corrected chi connectivity index (χ4v) is 3.39. The maximum atomic E-state index is 6.13. The molecule has 0 fully saturated rings. The minimum Gasteiger partial charge on any atom is -0.455 e. The molecule has 1 nitrogen and oxygen atoms in total. The molecule has 5 aromatic rings. The van der Waals surface area contributed by atoms with E-state index in [1.165, 1.54) is 16.2 Å². The van der Waals surface area contributed by atoms with Crippen LogP contribution >= 0.6 is 11.6 Å². The first-order valence-corrected chi connectivity index (χ1v) is 7.61. The molecule has 0 amide bonds. The summed E-state index contributed by atoms with van der Waals surface area (Å²) >= 11 is 6.13. The third kappa shape index (κ3) is 1.60. The van der Waals surface area contributed by atoms with Crippen molar-refractivity contribution in [2.24, 2.45) is 0 Å². The Labute approximate surface area is 131 Å². The van der Waals surface area contributed by atoms with Crippen molar-refractivity contribution in [3.05, 3.63) is 71.8 Å². The molecule has 1 aromatic heterocycles. The van der Waals surface area contributed by atoms with E-state index >= 15 is 0 Å². The van der Waals surface area contributed by atoms with Gasteiger partial charge in [-0.1, -0.05) is 41.9 Å². The number of fused-ring (bicyclic) bond motifs is 6. The molecule has 1 heterocycles. The smallest absolute Gasteiger partial charge is 0.143 e. The number of halogens is 1. The Morgan fingerprint density at radius 2 is 1.45 bits per heavy atom. The van der Waals surface area contributed by atoms with E-state index in [0.717, 1.165) is 32.3 Å². The monoisotopic (exact) mass is 302 g/mol. The number of hydrogen-bond acceptors (Lipinski definition) is 1. The van der Waals surface area contributed by atoms with E-state index in [0.29, 0.717) is 0 Å². The third-order valence-electron chi connectivity index (χ3n) is 4.28. The van der Waals surface area contributed by atoms with Gasteiger partial charge in [-0.15, -0.1) is 0 Å². The van der Waals surface area contributed by atoms with Crippen LogP contribution in [0.5, 0.6) is 0 Å². The summed E-state index contributed by atoms with van der Waals surface area (Å²) in [7, 11) is 0. The number of hydrogen-bond donors (Lipinski definition) is 0. The Hall–Kier alpha value is -2.51. The highest BCUT2D eigenvalue weighted by molar-refractivity contribution is 6.32. The summed E-state index contributed by atoms with van der Waals surface area (Å²) < 4.78 is 6.11. The molecule has 5 rings (SSSR count). The van der Waals surface area contributed by atoms with Crippen LogP contribution in [-0.4, -0.2) is 0 Å². The van der Waals surface area contributed by atoms with Crippen LogP contribution in [0.25, 0.3) is 43.5 Å². The Morgan fingerprint density at radius 3 is 2.32 bits per heavy atom. The van der Waals surface area contributed by atoms with E-state index < -0.39 is 0 Å². The predicted molar refractivity (Wildman–Crippen MR) is 93.7 cm³/mol. The number of furan rings is 1. The van der Waals surface area contributed by atoms with Gasteiger partial charge in [0.1, 0.15) is 11.2 Å². The molecule has 0 radical (unpaired) electrons. The van der Waals surface area contributed by atoms with Gasteiger partial charge >= 0.3 is 0 Å². The summed E-state index contributed by atoms with van der Waals surface area (Å²) in [5.74, 6) is 0. The zero-order valence-electron chi connectivity index (χ0n) is 11.6. The molecule has 0 spiro atoms. The zero-order chi connectivity index (χ0) is 14.7. The highest BCUT2D eigenvalue weighted by Gasteiger charge is 2.11. The van der Waals surface area contributed by atoms with Crippen molar-refractivity contribution < 1.29 is 4.42 Å². The van der Waals surface area contributed by atoms with Gasteiger partial charge in [-0.05, 0) is 52.6 Å². The first kappa shape index (κ1) is 12.1. The van der Waals surface area contributed by atoms with Crippen LogP contribution in [-0.2, 0) is 0 Å². The number of benzene rings is 4. The summed E-state index contributed by atoms with van der Waals surface area (Å²) in [5, 5.41) is 7.71. The lowest BCUT2D eigenvalue weighted by atomic mass is 10.0. The highest BCUT2D eigenvalue weighted by atomic mass is 35.5. The van der Waals surface area contributed by atoms with Crippen LogP contribution in [0.4, 0.5) is 0 Å². The highest BCUT2D eigenvalue weighted by Crippen LogP contribution is 2.36. The van der Waals surface area contributed by atoms with E-state index in [-0.39, 0.29) is 0 Å². The van der Waals surface area contributed by atoms with Crippen molar-refractivity contribution in [2.45, 2.75) is 0 Å². The molecule has 0 saturated carbocycles. The predicted octanol–water partition coefficient (Wildman–Crippen LogP) is 6.55. The summed E-state index contributed by atoms with van der Waals surface area (Å²) in [6.07, 6.45) is 0. The maximum Gasteiger partial charge on any atom is 0.143 e. The SMILES string of the molecule is Clc1ccc2oc3c4cc5ccccc5cc4ccc3c2c1. The molecule has 0 N–H and O–H groups in total. The Kier molecular flexibility index (Phi) is 2.33. The van der Waals surface area contributed by atoms with Crippen molar-refractivity contribution in [3.8, 4) is 0 Å². The Balaban J connectivity index is 2.02. The summed E-state index contributed by atoms with van der Waals surface area (Å²) in [4.78, 5) is 0. The molecule has 2 heteroatoms. The lowest BCUT2D eigenvalue weighted by Gasteiger charge is -2.02. The van der Waals surface area contributed by atoms with E-state index in [1.54, 1.807) is 0 Å². The summed E-state index contributed by atoms with van der Waals surface area (Å²) in [6, 6.07) is 22.9. The van der Waals surface area contributed by atoms with E-state index in [2.05, 4.69) is 48.5 Å². The summed E-state index contributed by atoms with van der Waals surface area (Å²) in [6.45, 7) is 0. The summed E-state index contributed by atoms with van der Waals surface area (Å²) in [5.41, 5.74) is 1.81. The average Bonchev–Trinajstić information content (AvgIpc) is 2.91. The minimum absolute atomic E-state index is 0.730. The molecule has 4 aromatic carbocycles. The fraction of sp³-hybridized carbons (Fsp3) is 0. The molecule has 104 valence electrons. The number of rotatable bonds is 0. The second-order valence-corrected chi connectivity index (χ2v) is 6.04. The van der Waals surface area contributed by atoms with Crippen LogP contribution in [0.2, 0.25) is 5.02 Å². The Bertz CT molecular complexity index is 1180. The van der Waals surface area contributed by atoms with Gasteiger partial charge in [0.25, 0.3) is 0 Å². The van der Waals surface area contributed by atoms with Crippen LogP contribution in [0.15, 0.2) is 71.1 Å². The molecule has 0 bridgehead atoms. The van der Waals surface area contributed by atoms with E-state index in [9.17, 15) is 0 Å². The topological polar surface area (TPSA) is 13.1 Å². The first-order chi connectivity index (χ1) is 10.8. The van der Waals surface area contributed by atoms with Crippen LogP contribution < -0.4 is 0 Å². The molecule has 0 saturated heterocycles. The normalized spacial score (nSPS) is 11.9. The molecular weight excluding hydrogens is 292 g/mol. The molecule has 0 aliphatic heterocycles. The van der Waals surface area contributed by atoms with Crippen LogP contribution in [0.3, 0.4) is 0 Å². The van der Waals surface area contributed by atoms with E-state index in [4.69, 9.17) is 16.0 Å². The fourth-order valence-electron chi connectivity index (χ4n) is 3.22. The van der Waals surface area contributed by atoms with Gasteiger partial charge in [-0.25, -0.2) is 0 Å². The minimum atomic E-state index is 0.730. The standard InChI is InChI=1S/C20H11ClO/c21-15-6-8-19-18(11-15)16-7-5-14-9-12-3-1-2-4-13(12)10-17(14)20(16)22-19/h1-11H. The largest absolute Gasteiger partial charge is 0.455 e. The van der Waals surface area contributed by atoms with Gasteiger partial charge in [0.15, 0.2) is 0 Å². The quantitative estimate of drug-likeness (QED) is 0.296. The van der Waals surface area contributed by atoms with Crippen molar-refractivity contribution >= 4 is 55.1 Å². The average molecular weight is 303 g/mol.